The van der Waals surface area contributed by atoms with Crippen LogP contribution in [0.25, 0.3) is 6.08 Å². The lowest BCUT2D eigenvalue weighted by Gasteiger charge is -2.49. The molecular weight excluding hydrogens is 388 g/mol. The maximum atomic E-state index is 13.2. The van der Waals surface area contributed by atoms with E-state index in [4.69, 9.17) is 4.74 Å². The Morgan fingerprint density at radius 2 is 1.68 bits per heavy atom. The van der Waals surface area contributed by atoms with Crippen molar-refractivity contribution in [3.63, 3.8) is 0 Å². The number of nitrogens with zero attached hydrogens (tertiary/aromatic N) is 2. The lowest BCUT2D eigenvalue weighted by atomic mass is 9.65. The van der Waals surface area contributed by atoms with Gasteiger partial charge in [0.2, 0.25) is 0 Å². The van der Waals surface area contributed by atoms with Crippen molar-refractivity contribution < 1.29 is 14.3 Å². The molecule has 2 aromatic carbocycles. The van der Waals surface area contributed by atoms with Crippen molar-refractivity contribution in [2.24, 2.45) is 0 Å². The van der Waals surface area contributed by atoms with Crippen molar-refractivity contribution in [2.75, 3.05) is 31.2 Å². The maximum absolute atomic E-state index is 13.2. The zero-order valence-electron chi connectivity index (χ0n) is 18.4. The molecule has 0 aliphatic carbocycles. The summed E-state index contributed by atoms with van der Waals surface area (Å²) in [5, 5.41) is 0. The molecule has 31 heavy (non-hydrogen) atoms. The van der Waals surface area contributed by atoms with E-state index < -0.39 is 17.2 Å². The Labute approximate surface area is 183 Å². The normalized spacial score (nSPS) is 24.7. The molecule has 5 rings (SSSR count). The lowest BCUT2D eigenvalue weighted by molar-refractivity contribution is -0.115. The number of morpholine rings is 1. The second kappa shape index (κ2) is 7.06. The van der Waals surface area contributed by atoms with Crippen LogP contribution in [0.4, 0.5) is 5.69 Å². The van der Waals surface area contributed by atoms with Crippen LogP contribution in [0.15, 0.2) is 48.7 Å². The smallest absolute Gasteiger partial charge is 0.300 e. The summed E-state index contributed by atoms with van der Waals surface area (Å²) >= 11 is 0. The fourth-order valence-corrected chi connectivity index (χ4v) is 5.56. The van der Waals surface area contributed by atoms with E-state index in [1.54, 1.807) is 4.90 Å². The number of Topliss-reactive ketones (excluding diaryl/α,β-unsaturated/α-hetero) is 1. The maximum Gasteiger partial charge on any atom is 0.300 e. The summed E-state index contributed by atoms with van der Waals surface area (Å²) in [5.74, 6) is -0.813. The quantitative estimate of drug-likeness (QED) is 0.710. The molecule has 5 heteroatoms. The molecule has 5 nitrogen and oxygen atoms in total. The summed E-state index contributed by atoms with van der Waals surface area (Å²) in [6.07, 6.45) is 4.74. The van der Waals surface area contributed by atoms with Crippen LogP contribution < -0.4 is 4.90 Å². The molecule has 0 bridgehead atoms. The Hall–Kier alpha value is -2.92. The molecule has 2 aromatic rings. The Balaban J connectivity index is 1.68. The molecule has 1 atom stereocenters. The number of ether oxygens (including phenoxy) is 1. The van der Waals surface area contributed by atoms with E-state index in [1.165, 1.54) is 5.56 Å². The lowest BCUT2D eigenvalue weighted by Crippen LogP contribution is -2.54. The summed E-state index contributed by atoms with van der Waals surface area (Å²) in [7, 11) is 0. The predicted molar refractivity (Wildman–Crippen MR) is 121 cm³/mol. The molecule has 0 unspecified atom stereocenters. The second-order valence-electron chi connectivity index (χ2n) is 9.55. The number of ketones is 1. The first-order valence-electron chi connectivity index (χ1n) is 10.9. The van der Waals surface area contributed by atoms with Gasteiger partial charge in [0, 0.05) is 24.0 Å². The molecule has 1 fully saturated rings. The van der Waals surface area contributed by atoms with Crippen LogP contribution >= 0.6 is 0 Å². The van der Waals surface area contributed by atoms with E-state index in [0.29, 0.717) is 18.8 Å². The fourth-order valence-electron chi connectivity index (χ4n) is 5.56. The number of benzene rings is 2. The van der Waals surface area contributed by atoms with Crippen LogP contribution in [0.2, 0.25) is 0 Å². The molecule has 3 heterocycles. The number of carbonyl (C=O) groups excluding carboxylic acids is 2. The van der Waals surface area contributed by atoms with Gasteiger partial charge in [0.1, 0.15) is 0 Å². The Morgan fingerprint density at radius 3 is 2.39 bits per heavy atom. The van der Waals surface area contributed by atoms with E-state index in [-0.39, 0.29) is 5.41 Å². The van der Waals surface area contributed by atoms with Crippen molar-refractivity contribution in [3.05, 3.63) is 70.9 Å². The van der Waals surface area contributed by atoms with Gasteiger partial charge in [-0.25, -0.2) is 0 Å². The minimum Gasteiger partial charge on any atom is -0.378 e. The summed E-state index contributed by atoms with van der Waals surface area (Å²) in [6, 6.07) is 14.5. The highest BCUT2D eigenvalue weighted by Crippen LogP contribution is 2.54. The summed E-state index contributed by atoms with van der Waals surface area (Å²) in [6.45, 7) is 9.42. The minimum atomic E-state index is -0.470. The molecule has 3 aliphatic rings. The van der Waals surface area contributed by atoms with Crippen molar-refractivity contribution in [3.8, 4) is 0 Å². The van der Waals surface area contributed by atoms with Gasteiger partial charge in [-0.05, 0) is 49.2 Å². The van der Waals surface area contributed by atoms with Gasteiger partial charge in [-0.3, -0.25) is 14.5 Å². The largest absolute Gasteiger partial charge is 0.378 e. The Bertz CT molecular complexity index is 1080. The molecule has 1 saturated heterocycles. The monoisotopic (exact) mass is 416 g/mol. The first kappa shape index (κ1) is 20.0. The third-order valence-electron chi connectivity index (χ3n) is 6.97. The van der Waals surface area contributed by atoms with Gasteiger partial charge in [0.25, 0.3) is 11.7 Å². The van der Waals surface area contributed by atoms with Crippen molar-refractivity contribution in [1.82, 2.24) is 4.90 Å². The highest BCUT2D eigenvalue weighted by Gasteiger charge is 2.54. The molecule has 1 amide bonds. The molecule has 0 spiro atoms. The van der Waals surface area contributed by atoms with E-state index >= 15 is 0 Å². The van der Waals surface area contributed by atoms with Crippen LogP contribution in [0.3, 0.4) is 0 Å². The second-order valence-corrected chi connectivity index (χ2v) is 9.55. The van der Waals surface area contributed by atoms with Gasteiger partial charge >= 0.3 is 0 Å². The number of rotatable bonds is 3. The molecule has 0 saturated carbocycles. The van der Waals surface area contributed by atoms with Gasteiger partial charge in [0.05, 0.1) is 24.5 Å². The predicted octanol–water partition coefficient (Wildman–Crippen LogP) is 4.01. The average molecular weight is 417 g/mol. The van der Waals surface area contributed by atoms with Crippen molar-refractivity contribution in [2.45, 2.75) is 38.1 Å². The topological polar surface area (TPSA) is 49.9 Å². The first-order chi connectivity index (χ1) is 14.8. The zero-order valence-corrected chi connectivity index (χ0v) is 18.4. The molecule has 3 aliphatic heterocycles. The Kier molecular flexibility index (Phi) is 4.56. The zero-order chi connectivity index (χ0) is 21.8. The van der Waals surface area contributed by atoms with Crippen molar-refractivity contribution >= 4 is 23.5 Å². The standard InChI is InChI=1S/C26H28N2O3/c1-25(2)17-26(3,19-7-5-4-6-8-19)20-10-9-18(11-12-27-13-15-31-16-14-27)21-22(20)28(25)24(30)23(21)29/h4-12H,13-17H2,1-3H3/b12-11+/t26-/m0/s1. The molecule has 0 N–H and O–H groups in total. The van der Waals surface area contributed by atoms with Crippen LogP contribution in [0.1, 0.15) is 54.2 Å². The Morgan fingerprint density at radius 1 is 0.968 bits per heavy atom. The minimum absolute atomic E-state index is 0.289. The number of amides is 1. The van der Waals surface area contributed by atoms with E-state index in [2.05, 4.69) is 56.0 Å². The van der Waals surface area contributed by atoms with E-state index in [9.17, 15) is 9.59 Å². The van der Waals surface area contributed by atoms with Gasteiger partial charge < -0.3 is 9.64 Å². The van der Waals surface area contributed by atoms with Gasteiger partial charge in [-0.2, -0.15) is 0 Å². The van der Waals surface area contributed by atoms with Crippen LogP contribution in [0, 0.1) is 0 Å². The third-order valence-corrected chi connectivity index (χ3v) is 6.97. The van der Waals surface area contributed by atoms with Gasteiger partial charge in [-0.15, -0.1) is 0 Å². The van der Waals surface area contributed by atoms with Crippen LogP contribution in [-0.4, -0.2) is 48.4 Å². The highest BCUT2D eigenvalue weighted by molar-refractivity contribution is 6.53. The van der Waals surface area contributed by atoms with E-state index in [0.717, 1.165) is 36.3 Å². The number of anilines is 1. The van der Waals surface area contributed by atoms with Crippen LogP contribution in [-0.2, 0) is 14.9 Å². The van der Waals surface area contributed by atoms with E-state index in [1.807, 2.05) is 24.4 Å². The summed E-state index contributed by atoms with van der Waals surface area (Å²) in [5.41, 5.74) is 3.64. The van der Waals surface area contributed by atoms with Gasteiger partial charge in [0.15, 0.2) is 0 Å². The number of hydrogen-bond donors (Lipinski definition) is 0. The summed E-state index contributed by atoms with van der Waals surface area (Å²) < 4.78 is 5.42. The number of carbonyl (C=O) groups is 2. The molecule has 0 radical (unpaired) electrons. The SMILES string of the molecule is CC1(C)C[C@@](C)(c2ccccc2)c2ccc(/C=C/N3CCOCC3)c3c2N1C(=O)C3=O. The van der Waals surface area contributed by atoms with Crippen LogP contribution in [0.5, 0.6) is 0 Å². The highest BCUT2D eigenvalue weighted by atomic mass is 16.5. The fraction of sp³-hybridized carbons (Fsp3) is 0.385. The number of hydrogen-bond acceptors (Lipinski definition) is 4. The van der Waals surface area contributed by atoms with Crippen molar-refractivity contribution in [1.29, 1.82) is 0 Å². The van der Waals surface area contributed by atoms with Gasteiger partial charge in [-0.1, -0.05) is 49.4 Å². The molecular formula is C26H28N2O3. The summed E-state index contributed by atoms with van der Waals surface area (Å²) in [4.78, 5) is 30.3. The first-order valence-corrected chi connectivity index (χ1v) is 10.9. The third kappa shape index (κ3) is 3.02. The molecule has 0 aromatic heterocycles. The average Bonchev–Trinajstić information content (AvgIpc) is 3.04. The molecule has 160 valence electrons.